The SMILES string of the molecule is Cc1cc(Br)c(C(Br)C2CCC2)cc1Br. The highest BCUT2D eigenvalue weighted by atomic mass is 79.9. The van der Waals surface area contributed by atoms with Gasteiger partial charge in [-0.15, -0.1) is 0 Å². The minimum atomic E-state index is 0.498. The third-order valence-electron chi connectivity index (χ3n) is 3.14. The number of aryl methyl sites for hydroxylation is 1. The molecule has 1 aliphatic carbocycles. The summed E-state index contributed by atoms with van der Waals surface area (Å²) >= 11 is 11.1. The molecule has 0 aliphatic heterocycles. The molecule has 0 N–H and O–H groups in total. The first-order valence-corrected chi connectivity index (χ1v) is 7.69. The highest BCUT2D eigenvalue weighted by Gasteiger charge is 2.27. The van der Waals surface area contributed by atoms with Gasteiger partial charge in [0.25, 0.3) is 0 Å². The first kappa shape index (κ1) is 12.1. The summed E-state index contributed by atoms with van der Waals surface area (Å²) in [7, 11) is 0. The third-order valence-corrected chi connectivity index (χ3v) is 5.92. The third kappa shape index (κ3) is 2.50. The van der Waals surface area contributed by atoms with Gasteiger partial charge in [-0.3, -0.25) is 0 Å². The molecular weight excluding hydrogens is 384 g/mol. The van der Waals surface area contributed by atoms with Gasteiger partial charge in [-0.05, 0) is 48.9 Å². The number of rotatable bonds is 2. The van der Waals surface area contributed by atoms with E-state index in [9.17, 15) is 0 Å². The molecular formula is C12H13Br3. The summed E-state index contributed by atoms with van der Waals surface area (Å²) in [6, 6.07) is 4.42. The van der Waals surface area contributed by atoms with Crippen molar-refractivity contribution in [3.8, 4) is 0 Å². The Balaban J connectivity index is 2.30. The van der Waals surface area contributed by atoms with Crippen molar-refractivity contribution in [3.05, 3.63) is 32.2 Å². The minimum Gasteiger partial charge on any atom is -0.0835 e. The lowest BCUT2D eigenvalue weighted by atomic mass is 9.81. The molecule has 1 saturated carbocycles. The predicted molar refractivity (Wildman–Crippen MR) is 75.6 cm³/mol. The summed E-state index contributed by atoms with van der Waals surface area (Å²) in [5, 5.41) is 0. The summed E-state index contributed by atoms with van der Waals surface area (Å²) < 4.78 is 2.42. The maximum absolute atomic E-state index is 3.82. The maximum Gasteiger partial charge on any atom is 0.0435 e. The average molecular weight is 397 g/mol. The summed E-state index contributed by atoms with van der Waals surface area (Å²) in [6.45, 7) is 2.12. The summed E-state index contributed by atoms with van der Waals surface area (Å²) in [6.07, 6.45) is 4.10. The van der Waals surface area contributed by atoms with Gasteiger partial charge in [0.15, 0.2) is 0 Å². The van der Waals surface area contributed by atoms with E-state index in [0.29, 0.717) is 4.83 Å². The van der Waals surface area contributed by atoms with Crippen LogP contribution < -0.4 is 0 Å². The van der Waals surface area contributed by atoms with Crippen molar-refractivity contribution in [2.24, 2.45) is 5.92 Å². The fraction of sp³-hybridized carbons (Fsp3) is 0.500. The van der Waals surface area contributed by atoms with Crippen LogP contribution in [0.25, 0.3) is 0 Å². The molecule has 0 heterocycles. The molecule has 1 aromatic carbocycles. The Morgan fingerprint density at radius 1 is 1.20 bits per heavy atom. The van der Waals surface area contributed by atoms with E-state index in [1.54, 1.807) is 0 Å². The van der Waals surface area contributed by atoms with Crippen LogP contribution in [0.5, 0.6) is 0 Å². The van der Waals surface area contributed by atoms with Crippen LogP contribution in [0.2, 0.25) is 0 Å². The zero-order valence-electron chi connectivity index (χ0n) is 8.56. The quantitative estimate of drug-likeness (QED) is 0.558. The Bertz CT molecular complexity index is 369. The van der Waals surface area contributed by atoms with E-state index in [-0.39, 0.29) is 0 Å². The van der Waals surface area contributed by atoms with E-state index < -0.39 is 0 Å². The zero-order valence-corrected chi connectivity index (χ0v) is 13.3. The van der Waals surface area contributed by atoms with Gasteiger partial charge in [-0.25, -0.2) is 0 Å². The Kier molecular flexibility index (Phi) is 3.95. The van der Waals surface area contributed by atoms with Crippen LogP contribution >= 0.6 is 47.8 Å². The van der Waals surface area contributed by atoms with E-state index in [2.05, 4.69) is 66.8 Å². The maximum atomic E-state index is 3.82. The fourth-order valence-corrected chi connectivity index (χ4v) is 4.14. The molecule has 0 radical (unpaired) electrons. The number of benzene rings is 1. The number of hydrogen-bond donors (Lipinski definition) is 0. The number of hydrogen-bond acceptors (Lipinski definition) is 0. The molecule has 0 bridgehead atoms. The van der Waals surface area contributed by atoms with E-state index in [1.807, 2.05) is 0 Å². The van der Waals surface area contributed by atoms with Crippen LogP contribution in [0.1, 0.15) is 35.2 Å². The van der Waals surface area contributed by atoms with Crippen LogP contribution in [0, 0.1) is 12.8 Å². The molecule has 0 amide bonds. The standard InChI is InChI=1S/C12H13Br3/c1-7-5-11(14)9(6-10(7)13)12(15)8-3-2-4-8/h5-6,8,12H,2-4H2,1H3. The van der Waals surface area contributed by atoms with Crippen molar-refractivity contribution >= 4 is 47.8 Å². The molecule has 1 fully saturated rings. The van der Waals surface area contributed by atoms with Crippen molar-refractivity contribution in [1.29, 1.82) is 0 Å². The average Bonchev–Trinajstić information content (AvgIpc) is 2.08. The number of halogens is 3. The zero-order chi connectivity index (χ0) is 11.0. The van der Waals surface area contributed by atoms with Crippen molar-refractivity contribution in [2.75, 3.05) is 0 Å². The van der Waals surface area contributed by atoms with Crippen LogP contribution in [0.15, 0.2) is 21.1 Å². The van der Waals surface area contributed by atoms with E-state index in [1.165, 1.54) is 39.3 Å². The van der Waals surface area contributed by atoms with Gasteiger partial charge in [0.2, 0.25) is 0 Å². The summed E-state index contributed by atoms with van der Waals surface area (Å²) in [5.41, 5.74) is 2.65. The fourth-order valence-electron chi connectivity index (χ4n) is 1.86. The normalized spacial score (nSPS) is 18.7. The Morgan fingerprint density at radius 2 is 1.87 bits per heavy atom. The van der Waals surface area contributed by atoms with E-state index in [4.69, 9.17) is 0 Å². The monoisotopic (exact) mass is 394 g/mol. The molecule has 1 atom stereocenters. The molecule has 1 aromatic rings. The lowest BCUT2D eigenvalue weighted by molar-refractivity contribution is 0.312. The molecule has 82 valence electrons. The van der Waals surface area contributed by atoms with Crippen molar-refractivity contribution in [1.82, 2.24) is 0 Å². The first-order chi connectivity index (χ1) is 7.09. The van der Waals surface area contributed by atoms with Crippen LogP contribution in [0.4, 0.5) is 0 Å². The molecule has 0 saturated heterocycles. The van der Waals surface area contributed by atoms with Crippen LogP contribution in [0.3, 0.4) is 0 Å². The molecule has 0 spiro atoms. The minimum absolute atomic E-state index is 0.498. The second kappa shape index (κ2) is 4.89. The van der Waals surface area contributed by atoms with Gasteiger partial charge >= 0.3 is 0 Å². The predicted octanol–water partition coefficient (Wildman–Crippen LogP) is 5.76. The van der Waals surface area contributed by atoms with Crippen molar-refractivity contribution < 1.29 is 0 Å². The Morgan fingerprint density at radius 3 is 2.40 bits per heavy atom. The van der Waals surface area contributed by atoms with Crippen LogP contribution in [-0.4, -0.2) is 0 Å². The first-order valence-electron chi connectivity index (χ1n) is 5.19. The molecule has 15 heavy (non-hydrogen) atoms. The molecule has 3 heteroatoms. The molecule has 2 rings (SSSR count). The van der Waals surface area contributed by atoms with Gasteiger partial charge in [0.1, 0.15) is 0 Å². The highest BCUT2D eigenvalue weighted by molar-refractivity contribution is 9.11. The van der Waals surface area contributed by atoms with Crippen LogP contribution in [-0.2, 0) is 0 Å². The summed E-state index contributed by atoms with van der Waals surface area (Å²) in [4.78, 5) is 0.498. The molecule has 0 aromatic heterocycles. The van der Waals surface area contributed by atoms with Gasteiger partial charge in [0, 0.05) is 13.8 Å². The lowest BCUT2D eigenvalue weighted by Crippen LogP contribution is -2.16. The lowest BCUT2D eigenvalue weighted by Gasteiger charge is -2.31. The smallest absolute Gasteiger partial charge is 0.0435 e. The van der Waals surface area contributed by atoms with Crippen molar-refractivity contribution in [3.63, 3.8) is 0 Å². The van der Waals surface area contributed by atoms with Crippen molar-refractivity contribution in [2.45, 2.75) is 31.0 Å². The second-order valence-corrected chi connectivity index (χ2v) is 6.91. The largest absolute Gasteiger partial charge is 0.0835 e. The highest BCUT2D eigenvalue weighted by Crippen LogP contribution is 2.46. The Labute approximate surface area is 116 Å². The van der Waals surface area contributed by atoms with Gasteiger partial charge < -0.3 is 0 Å². The van der Waals surface area contributed by atoms with E-state index in [0.717, 1.165) is 5.92 Å². The van der Waals surface area contributed by atoms with E-state index >= 15 is 0 Å². The molecule has 1 aliphatic rings. The molecule has 0 nitrogen and oxygen atoms in total. The van der Waals surface area contributed by atoms with Gasteiger partial charge in [-0.1, -0.05) is 54.2 Å². The molecule has 1 unspecified atom stereocenters. The number of alkyl halides is 1. The summed E-state index contributed by atoms with van der Waals surface area (Å²) in [5.74, 6) is 0.816. The topological polar surface area (TPSA) is 0 Å². The Hall–Kier alpha value is 0.660. The van der Waals surface area contributed by atoms with Gasteiger partial charge in [0.05, 0.1) is 0 Å². The second-order valence-electron chi connectivity index (χ2n) is 4.22. The van der Waals surface area contributed by atoms with Gasteiger partial charge in [-0.2, -0.15) is 0 Å².